The van der Waals surface area contributed by atoms with E-state index in [2.05, 4.69) is 33.0 Å². The van der Waals surface area contributed by atoms with Crippen LogP contribution in [0.2, 0.25) is 0 Å². The van der Waals surface area contributed by atoms with E-state index in [4.69, 9.17) is 9.72 Å². The molecule has 0 bridgehead atoms. The molecule has 3 aromatic rings. The van der Waals surface area contributed by atoms with Gasteiger partial charge >= 0.3 is 5.97 Å². The zero-order valence-electron chi connectivity index (χ0n) is 19.1. The van der Waals surface area contributed by atoms with Gasteiger partial charge in [0.15, 0.2) is 0 Å². The van der Waals surface area contributed by atoms with Crippen LogP contribution in [0.3, 0.4) is 0 Å². The Morgan fingerprint density at radius 3 is 2.70 bits per heavy atom. The van der Waals surface area contributed by atoms with Crippen LogP contribution >= 0.6 is 0 Å². The highest BCUT2D eigenvalue weighted by atomic mass is 16.5. The summed E-state index contributed by atoms with van der Waals surface area (Å²) in [5.74, 6) is 0.441. The molecule has 1 aliphatic heterocycles. The zero-order chi connectivity index (χ0) is 23.2. The number of ether oxygens (including phenoxy) is 1. The first-order valence-electron chi connectivity index (χ1n) is 11.3. The van der Waals surface area contributed by atoms with Gasteiger partial charge < -0.3 is 19.6 Å². The van der Waals surface area contributed by atoms with E-state index >= 15 is 0 Å². The summed E-state index contributed by atoms with van der Waals surface area (Å²) in [5, 5.41) is 9.69. The van der Waals surface area contributed by atoms with Crippen molar-refractivity contribution >= 4 is 17.6 Å². The number of carboxylic acid groups (broad SMARTS) is 1. The minimum absolute atomic E-state index is 0.105. The number of nitrogens with zero attached hydrogens (tertiary/aromatic N) is 4. The highest BCUT2D eigenvalue weighted by molar-refractivity contribution is 5.88. The van der Waals surface area contributed by atoms with Gasteiger partial charge in [-0.15, -0.1) is 0 Å². The highest BCUT2D eigenvalue weighted by Gasteiger charge is 2.30. The van der Waals surface area contributed by atoms with Gasteiger partial charge in [0.1, 0.15) is 5.75 Å². The van der Waals surface area contributed by atoms with Crippen molar-refractivity contribution in [1.82, 2.24) is 9.97 Å². The molecule has 1 fully saturated rings. The summed E-state index contributed by atoms with van der Waals surface area (Å²) in [6.07, 6.45) is 4.81. The number of aromatic nitrogens is 2. The zero-order valence-corrected chi connectivity index (χ0v) is 19.1. The summed E-state index contributed by atoms with van der Waals surface area (Å²) < 4.78 is 5.58. The molecule has 2 heterocycles. The molecule has 1 aliphatic rings. The maximum atomic E-state index is 11.8. The maximum Gasteiger partial charge on any atom is 0.339 e. The van der Waals surface area contributed by atoms with Gasteiger partial charge in [-0.2, -0.15) is 0 Å². The second kappa shape index (κ2) is 10.3. The van der Waals surface area contributed by atoms with Crippen molar-refractivity contribution in [2.75, 3.05) is 37.0 Å². The number of para-hydroxylation sites is 2. The van der Waals surface area contributed by atoms with Gasteiger partial charge in [-0.1, -0.05) is 36.4 Å². The lowest BCUT2D eigenvalue weighted by molar-refractivity contribution is 0.0694. The van der Waals surface area contributed by atoms with Crippen molar-refractivity contribution in [3.8, 4) is 5.75 Å². The quantitative estimate of drug-likeness (QED) is 0.515. The van der Waals surface area contributed by atoms with Gasteiger partial charge in [0.25, 0.3) is 0 Å². The maximum absolute atomic E-state index is 11.8. The first-order valence-corrected chi connectivity index (χ1v) is 11.3. The Bertz CT molecular complexity index is 1090. The molecule has 1 saturated heterocycles. The van der Waals surface area contributed by atoms with Crippen LogP contribution in [-0.2, 0) is 6.42 Å². The van der Waals surface area contributed by atoms with Crippen LogP contribution in [0.1, 0.15) is 46.9 Å². The van der Waals surface area contributed by atoms with Crippen LogP contribution in [0.25, 0.3) is 0 Å². The molecule has 1 aromatic heterocycles. The van der Waals surface area contributed by atoms with Gasteiger partial charge in [-0.05, 0) is 43.9 Å². The van der Waals surface area contributed by atoms with Crippen LogP contribution in [0.15, 0.2) is 60.8 Å². The van der Waals surface area contributed by atoms with Gasteiger partial charge in [0.05, 0.1) is 24.4 Å². The Morgan fingerprint density at radius 2 is 1.94 bits per heavy atom. The molecule has 0 saturated carbocycles. The van der Waals surface area contributed by atoms with E-state index in [-0.39, 0.29) is 11.6 Å². The number of benzene rings is 2. The Morgan fingerprint density at radius 1 is 1.18 bits per heavy atom. The van der Waals surface area contributed by atoms with Gasteiger partial charge in [-0.3, -0.25) is 0 Å². The Hall–Kier alpha value is -3.61. The predicted molar refractivity (Wildman–Crippen MR) is 129 cm³/mol. The number of hydrogen-bond donors (Lipinski definition) is 1. The van der Waals surface area contributed by atoms with Crippen LogP contribution in [-0.4, -0.2) is 48.3 Å². The molecule has 7 nitrogen and oxygen atoms in total. The molecular formula is C26H30N4O3. The van der Waals surface area contributed by atoms with Gasteiger partial charge in [0.2, 0.25) is 5.95 Å². The standard InChI is InChI=1S/C26H30N4O3/c1-29(19-10-4-3-5-11-19)16-8-13-22-21(25(31)32)18-27-26(28-22)30-17-9-14-23(30)20-12-6-7-15-24(20)33-2/h3-7,10-12,15,18,23H,8-9,13-14,16-17H2,1-2H3,(H,31,32)/t23-/m1/s1. The van der Waals surface area contributed by atoms with E-state index < -0.39 is 5.97 Å². The number of anilines is 2. The Balaban J connectivity index is 1.53. The molecule has 4 rings (SSSR count). The van der Waals surface area contributed by atoms with Gasteiger partial charge in [0, 0.05) is 37.6 Å². The fourth-order valence-corrected chi connectivity index (χ4v) is 4.48. The lowest BCUT2D eigenvalue weighted by atomic mass is 10.0. The Labute approximate surface area is 194 Å². The van der Waals surface area contributed by atoms with Crippen molar-refractivity contribution in [3.63, 3.8) is 0 Å². The molecule has 1 atom stereocenters. The van der Waals surface area contributed by atoms with Crippen molar-refractivity contribution in [1.29, 1.82) is 0 Å². The molecule has 172 valence electrons. The molecule has 7 heteroatoms. The lowest BCUT2D eigenvalue weighted by Gasteiger charge is -2.27. The summed E-state index contributed by atoms with van der Waals surface area (Å²) in [6.45, 7) is 1.63. The summed E-state index contributed by atoms with van der Waals surface area (Å²) in [6, 6.07) is 18.3. The average Bonchev–Trinajstić information content (AvgIpc) is 3.34. The van der Waals surface area contributed by atoms with E-state index in [0.29, 0.717) is 18.1 Å². The number of carboxylic acids is 1. The van der Waals surface area contributed by atoms with E-state index in [9.17, 15) is 9.90 Å². The van der Waals surface area contributed by atoms with Crippen molar-refractivity contribution in [2.45, 2.75) is 31.7 Å². The molecule has 1 N–H and O–H groups in total. The third-order valence-corrected chi connectivity index (χ3v) is 6.20. The molecular weight excluding hydrogens is 416 g/mol. The number of aromatic carboxylic acids is 1. The smallest absolute Gasteiger partial charge is 0.339 e. The number of carbonyl (C=O) groups is 1. The summed E-state index contributed by atoms with van der Waals surface area (Å²) >= 11 is 0. The second-order valence-corrected chi connectivity index (χ2v) is 8.29. The highest BCUT2D eigenvalue weighted by Crippen LogP contribution is 2.38. The monoisotopic (exact) mass is 446 g/mol. The molecule has 2 aromatic carbocycles. The van der Waals surface area contributed by atoms with Crippen LogP contribution in [0, 0.1) is 0 Å². The number of aryl methyl sites for hydroxylation is 1. The normalized spacial score (nSPS) is 15.5. The van der Waals surface area contributed by atoms with Gasteiger partial charge in [-0.25, -0.2) is 14.8 Å². The molecule has 0 spiro atoms. The van der Waals surface area contributed by atoms with E-state index in [1.165, 1.54) is 6.20 Å². The van der Waals surface area contributed by atoms with Crippen molar-refractivity contribution < 1.29 is 14.6 Å². The first-order chi connectivity index (χ1) is 16.1. The first kappa shape index (κ1) is 22.6. The summed E-state index contributed by atoms with van der Waals surface area (Å²) in [4.78, 5) is 25.4. The molecule has 0 amide bonds. The second-order valence-electron chi connectivity index (χ2n) is 8.29. The van der Waals surface area contributed by atoms with Crippen molar-refractivity contribution in [2.24, 2.45) is 0 Å². The molecule has 0 aliphatic carbocycles. The van der Waals surface area contributed by atoms with E-state index in [1.807, 2.05) is 43.4 Å². The van der Waals surface area contributed by atoms with Crippen LogP contribution in [0.5, 0.6) is 5.75 Å². The lowest BCUT2D eigenvalue weighted by Crippen LogP contribution is -2.26. The van der Waals surface area contributed by atoms with E-state index in [1.54, 1.807) is 7.11 Å². The molecule has 0 unspecified atom stereocenters. The Kier molecular flexibility index (Phi) is 7.07. The fraction of sp³-hybridized carbons (Fsp3) is 0.346. The summed E-state index contributed by atoms with van der Waals surface area (Å²) in [5.41, 5.74) is 3.00. The third-order valence-electron chi connectivity index (χ3n) is 6.20. The van der Waals surface area contributed by atoms with Crippen LogP contribution in [0.4, 0.5) is 11.6 Å². The number of methoxy groups -OCH3 is 1. The minimum atomic E-state index is -0.990. The van der Waals surface area contributed by atoms with Crippen molar-refractivity contribution in [3.05, 3.63) is 77.6 Å². The minimum Gasteiger partial charge on any atom is -0.496 e. The SMILES string of the molecule is COc1ccccc1[C@H]1CCCN1c1ncc(C(=O)O)c(CCCN(C)c2ccccc2)n1. The molecule has 33 heavy (non-hydrogen) atoms. The average molecular weight is 447 g/mol. The topological polar surface area (TPSA) is 78.8 Å². The van der Waals surface area contributed by atoms with Crippen LogP contribution < -0.4 is 14.5 Å². The fourth-order valence-electron chi connectivity index (χ4n) is 4.48. The predicted octanol–water partition coefficient (Wildman–Crippen LogP) is 4.59. The number of hydrogen-bond acceptors (Lipinski definition) is 6. The molecule has 0 radical (unpaired) electrons. The number of rotatable bonds is 9. The largest absolute Gasteiger partial charge is 0.496 e. The third kappa shape index (κ3) is 5.08. The van der Waals surface area contributed by atoms with E-state index in [0.717, 1.165) is 49.4 Å². The summed E-state index contributed by atoms with van der Waals surface area (Å²) in [7, 11) is 3.72.